The van der Waals surface area contributed by atoms with Gasteiger partial charge in [-0.15, -0.1) is 0 Å². The molecule has 1 aliphatic heterocycles. The molecule has 4 heteroatoms. The van der Waals surface area contributed by atoms with Crippen LogP contribution in [0.15, 0.2) is 78.9 Å². The minimum Gasteiger partial charge on any atom is -0.508 e. The standard InChI is InChI=1S/C28H29NO3/c30-26-12-10-22(11-13-26)21-6-8-23(9-7-21)27(31)19-29-17-24-15-28(32,16-25(24)18-29)14-20-4-2-1-3-5-20/h1-13,24-25,30,32H,14-19H2/t24-,25?,28?/m0/s1. The Bertz CT molecular complexity index is 1060. The predicted octanol–water partition coefficient (Wildman–Crippen LogP) is 4.56. The monoisotopic (exact) mass is 427 g/mol. The zero-order valence-corrected chi connectivity index (χ0v) is 18.2. The lowest BCUT2D eigenvalue weighted by atomic mass is 9.91. The summed E-state index contributed by atoms with van der Waals surface area (Å²) in [5.41, 5.74) is 3.34. The average molecular weight is 428 g/mol. The second-order valence-electron chi connectivity index (χ2n) is 9.56. The number of ketones is 1. The van der Waals surface area contributed by atoms with Crippen LogP contribution in [-0.2, 0) is 6.42 Å². The molecule has 1 saturated carbocycles. The highest BCUT2D eigenvalue weighted by Gasteiger charge is 2.48. The first-order chi connectivity index (χ1) is 15.5. The van der Waals surface area contributed by atoms with Gasteiger partial charge in [0.15, 0.2) is 5.78 Å². The Labute approximate surface area is 189 Å². The predicted molar refractivity (Wildman–Crippen MR) is 126 cm³/mol. The molecule has 32 heavy (non-hydrogen) atoms. The summed E-state index contributed by atoms with van der Waals surface area (Å²) in [6, 6.07) is 25.0. The fourth-order valence-corrected chi connectivity index (χ4v) is 5.60. The van der Waals surface area contributed by atoms with E-state index in [0.717, 1.165) is 42.6 Å². The second-order valence-corrected chi connectivity index (χ2v) is 9.56. The van der Waals surface area contributed by atoms with Gasteiger partial charge in [-0.25, -0.2) is 0 Å². The number of hydrogen-bond donors (Lipinski definition) is 2. The van der Waals surface area contributed by atoms with E-state index in [2.05, 4.69) is 17.0 Å². The number of rotatable bonds is 6. The van der Waals surface area contributed by atoms with Crippen LogP contribution in [0.4, 0.5) is 0 Å². The normalized spacial score (nSPS) is 25.0. The molecule has 4 nitrogen and oxygen atoms in total. The molecule has 1 heterocycles. The number of likely N-dealkylation sites (tertiary alicyclic amines) is 1. The Morgan fingerprint density at radius 1 is 0.844 bits per heavy atom. The van der Waals surface area contributed by atoms with Crippen LogP contribution in [0.5, 0.6) is 5.75 Å². The summed E-state index contributed by atoms with van der Waals surface area (Å²) in [5.74, 6) is 1.32. The summed E-state index contributed by atoms with van der Waals surface area (Å²) in [7, 11) is 0. The van der Waals surface area contributed by atoms with E-state index in [1.807, 2.05) is 54.6 Å². The third-order valence-corrected chi connectivity index (χ3v) is 7.09. The number of aromatic hydroxyl groups is 1. The van der Waals surface area contributed by atoms with Gasteiger partial charge in [0.1, 0.15) is 5.75 Å². The molecular formula is C28H29NO3. The number of carbonyl (C=O) groups is 1. The van der Waals surface area contributed by atoms with E-state index in [0.29, 0.717) is 24.8 Å². The molecule has 2 aliphatic rings. The quantitative estimate of drug-likeness (QED) is 0.567. The maximum Gasteiger partial charge on any atom is 0.176 e. The molecular weight excluding hydrogens is 398 g/mol. The van der Waals surface area contributed by atoms with Crippen molar-refractivity contribution in [3.63, 3.8) is 0 Å². The smallest absolute Gasteiger partial charge is 0.176 e. The van der Waals surface area contributed by atoms with Crippen LogP contribution in [0.3, 0.4) is 0 Å². The van der Waals surface area contributed by atoms with Gasteiger partial charge in [-0.1, -0.05) is 66.7 Å². The van der Waals surface area contributed by atoms with Gasteiger partial charge in [0, 0.05) is 25.1 Å². The van der Waals surface area contributed by atoms with Crippen molar-refractivity contribution in [2.75, 3.05) is 19.6 Å². The van der Waals surface area contributed by atoms with Gasteiger partial charge in [0.05, 0.1) is 12.1 Å². The summed E-state index contributed by atoms with van der Waals surface area (Å²) in [6.45, 7) is 2.21. The highest BCUT2D eigenvalue weighted by molar-refractivity contribution is 5.98. The largest absolute Gasteiger partial charge is 0.508 e. The van der Waals surface area contributed by atoms with Crippen LogP contribution >= 0.6 is 0 Å². The number of benzene rings is 3. The molecule has 0 bridgehead atoms. The number of nitrogens with zero attached hydrogens (tertiary/aromatic N) is 1. The molecule has 3 aromatic rings. The van der Waals surface area contributed by atoms with Gasteiger partial charge in [-0.05, 0) is 53.5 Å². The molecule has 164 valence electrons. The lowest BCUT2D eigenvalue weighted by molar-refractivity contribution is 0.0355. The molecule has 5 rings (SSSR count). The summed E-state index contributed by atoms with van der Waals surface area (Å²) in [4.78, 5) is 15.1. The topological polar surface area (TPSA) is 60.8 Å². The Morgan fingerprint density at radius 3 is 2.00 bits per heavy atom. The van der Waals surface area contributed by atoms with Crippen molar-refractivity contribution >= 4 is 5.78 Å². The van der Waals surface area contributed by atoms with E-state index in [4.69, 9.17) is 0 Å². The summed E-state index contributed by atoms with van der Waals surface area (Å²) < 4.78 is 0. The Balaban J connectivity index is 1.16. The van der Waals surface area contributed by atoms with E-state index in [9.17, 15) is 15.0 Å². The number of aliphatic hydroxyl groups is 1. The number of carbonyl (C=O) groups excluding carboxylic acids is 1. The van der Waals surface area contributed by atoms with Crippen molar-refractivity contribution in [3.05, 3.63) is 90.0 Å². The van der Waals surface area contributed by atoms with Crippen molar-refractivity contribution in [2.24, 2.45) is 11.8 Å². The molecule has 0 radical (unpaired) electrons. The van der Waals surface area contributed by atoms with E-state index >= 15 is 0 Å². The molecule has 0 aromatic heterocycles. The molecule has 3 aromatic carbocycles. The van der Waals surface area contributed by atoms with Crippen molar-refractivity contribution in [1.82, 2.24) is 4.90 Å². The Kier molecular flexibility index (Phi) is 5.58. The Hall–Kier alpha value is -2.95. The highest BCUT2D eigenvalue weighted by atomic mass is 16.3. The van der Waals surface area contributed by atoms with Crippen LogP contribution in [0.1, 0.15) is 28.8 Å². The SMILES string of the molecule is O=C(CN1CC2CC(O)(Cc3ccccc3)C[C@H]2C1)c1ccc(-c2ccc(O)cc2)cc1. The van der Waals surface area contributed by atoms with Crippen LogP contribution in [0.25, 0.3) is 11.1 Å². The fraction of sp³-hybridized carbons (Fsp3) is 0.321. The molecule has 0 spiro atoms. The number of phenolic OH excluding ortho intramolecular Hbond substituents is 1. The molecule has 2 N–H and O–H groups in total. The van der Waals surface area contributed by atoms with Crippen molar-refractivity contribution in [1.29, 1.82) is 0 Å². The summed E-state index contributed by atoms with van der Waals surface area (Å²) in [6.07, 6.45) is 2.35. The zero-order valence-electron chi connectivity index (χ0n) is 18.2. The van der Waals surface area contributed by atoms with Gasteiger partial charge in [0.2, 0.25) is 0 Å². The van der Waals surface area contributed by atoms with Gasteiger partial charge in [-0.2, -0.15) is 0 Å². The average Bonchev–Trinajstić information content (AvgIpc) is 3.28. The first-order valence-electron chi connectivity index (χ1n) is 11.4. The van der Waals surface area contributed by atoms with E-state index < -0.39 is 5.60 Å². The van der Waals surface area contributed by atoms with Gasteiger partial charge in [0.25, 0.3) is 0 Å². The lowest BCUT2D eigenvalue weighted by Crippen LogP contribution is -2.34. The second kappa shape index (κ2) is 8.53. The molecule has 0 amide bonds. The lowest BCUT2D eigenvalue weighted by Gasteiger charge is -2.26. The van der Waals surface area contributed by atoms with E-state index in [1.54, 1.807) is 12.1 Å². The van der Waals surface area contributed by atoms with Gasteiger partial charge in [-0.3, -0.25) is 9.69 Å². The van der Waals surface area contributed by atoms with Crippen LogP contribution in [0.2, 0.25) is 0 Å². The van der Waals surface area contributed by atoms with Crippen molar-refractivity contribution < 1.29 is 15.0 Å². The van der Waals surface area contributed by atoms with Gasteiger partial charge < -0.3 is 10.2 Å². The van der Waals surface area contributed by atoms with Gasteiger partial charge >= 0.3 is 0 Å². The number of fused-ring (bicyclic) bond motifs is 1. The minimum atomic E-state index is -0.614. The van der Waals surface area contributed by atoms with Crippen molar-refractivity contribution in [3.8, 4) is 16.9 Å². The van der Waals surface area contributed by atoms with Crippen LogP contribution < -0.4 is 0 Å². The first kappa shape index (κ1) is 20.9. The van der Waals surface area contributed by atoms with E-state index in [1.165, 1.54) is 5.56 Å². The highest BCUT2D eigenvalue weighted by Crippen LogP contribution is 2.45. The summed E-state index contributed by atoms with van der Waals surface area (Å²) >= 11 is 0. The fourth-order valence-electron chi connectivity index (χ4n) is 5.60. The molecule has 3 atom stereocenters. The molecule has 1 aliphatic carbocycles. The van der Waals surface area contributed by atoms with Crippen LogP contribution in [-0.4, -0.2) is 46.1 Å². The zero-order chi connectivity index (χ0) is 22.1. The van der Waals surface area contributed by atoms with Crippen molar-refractivity contribution in [2.45, 2.75) is 24.9 Å². The van der Waals surface area contributed by atoms with E-state index in [-0.39, 0.29) is 11.5 Å². The summed E-state index contributed by atoms with van der Waals surface area (Å²) in [5, 5.41) is 20.6. The third-order valence-electron chi connectivity index (χ3n) is 7.09. The molecule has 2 unspecified atom stereocenters. The maximum absolute atomic E-state index is 12.9. The minimum absolute atomic E-state index is 0.141. The first-order valence-corrected chi connectivity index (χ1v) is 11.4. The maximum atomic E-state index is 12.9. The Morgan fingerprint density at radius 2 is 1.41 bits per heavy atom. The van der Waals surface area contributed by atoms with Crippen LogP contribution in [0, 0.1) is 11.8 Å². The number of hydrogen-bond acceptors (Lipinski definition) is 4. The number of phenols is 1. The number of Topliss-reactive ketones (excluding diaryl/α,β-unsaturated/α-hetero) is 1. The third kappa shape index (κ3) is 4.47. The molecule has 2 fully saturated rings. The molecule has 1 saturated heterocycles.